The molecule has 0 atom stereocenters. The molecule has 1 aliphatic heterocycles. The number of halogens is 3. The predicted octanol–water partition coefficient (Wildman–Crippen LogP) is 6.31. The fourth-order valence-corrected chi connectivity index (χ4v) is 3.75. The van der Waals surface area contributed by atoms with Gasteiger partial charge in [-0.05, 0) is 60.7 Å². The van der Waals surface area contributed by atoms with Crippen LogP contribution < -0.4 is 21.3 Å². The van der Waals surface area contributed by atoms with E-state index in [1.54, 1.807) is 42.6 Å². The van der Waals surface area contributed by atoms with Gasteiger partial charge in [-0.2, -0.15) is 0 Å². The molecule has 2 heterocycles. The maximum atomic E-state index is 13.8. The maximum absolute atomic E-state index is 13.8. The van der Waals surface area contributed by atoms with Gasteiger partial charge in [0.2, 0.25) is 0 Å². The number of H-pyrrole nitrogens is 1. The summed E-state index contributed by atoms with van der Waals surface area (Å²) in [6, 6.07) is 16.6. The minimum atomic E-state index is -1.67. The van der Waals surface area contributed by atoms with Gasteiger partial charge in [0.1, 0.15) is 0 Å². The lowest BCUT2D eigenvalue weighted by Gasteiger charge is -2.12. The van der Waals surface area contributed by atoms with E-state index in [1.807, 2.05) is 24.3 Å². The fourth-order valence-electron chi connectivity index (χ4n) is 3.75. The Morgan fingerprint density at radius 2 is 1.64 bits per heavy atom. The molecule has 4 aromatic rings. The number of urea groups is 1. The Labute approximate surface area is 203 Å². The lowest BCUT2D eigenvalue weighted by atomic mass is 10.1. The summed E-state index contributed by atoms with van der Waals surface area (Å²) in [5.41, 5.74) is 3.99. The van der Waals surface area contributed by atoms with E-state index in [2.05, 4.69) is 26.3 Å². The van der Waals surface area contributed by atoms with Crippen molar-refractivity contribution in [2.45, 2.75) is 0 Å². The van der Waals surface area contributed by atoms with Gasteiger partial charge in [-0.25, -0.2) is 18.0 Å². The van der Waals surface area contributed by atoms with Gasteiger partial charge in [0.25, 0.3) is 5.91 Å². The van der Waals surface area contributed by atoms with Crippen molar-refractivity contribution in [2.24, 2.45) is 0 Å². The molecule has 1 aliphatic rings. The lowest BCUT2D eigenvalue weighted by molar-refractivity contribution is -0.110. The molecule has 0 unspecified atom stereocenters. The summed E-state index contributed by atoms with van der Waals surface area (Å²) < 4.78 is 40.3. The summed E-state index contributed by atoms with van der Waals surface area (Å²) in [6.45, 7) is 0. The van der Waals surface area contributed by atoms with Gasteiger partial charge in [-0.3, -0.25) is 4.79 Å². The molecular formula is C26H18F3N5O2. The second-order valence-corrected chi connectivity index (χ2v) is 7.91. The summed E-state index contributed by atoms with van der Waals surface area (Å²) in [5.74, 6) is -4.71. The Kier molecular flexibility index (Phi) is 5.91. The molecular weight excluding hydrogens is 471 g/mol. The molecule has 0 saturated heterocycles. The highest BCUT2D eigenvalue weighted by molar-refractivity contribution is 6.35. The summed E-state index contributed by atoms with van der Waals surface area (Å²) in [4.78, 5) is 27.7. The molecule has 0 fully saturated rings. The largest absolute Gasteiger partial charge is 0.362 e. The number of aromatic nitrogens is 1. The Hall–Kier alpha value is -4.99. The van der Waals surface area contributed by atoms with Crippen LogP contribution in [0.25, 0.3) is 11.6 Å². The Morgan fingerprint density at radius 3 is 2.44 bits per heavy atom. The molecule has 3 aromatic carbocycles. The lowest BCUT2D eigenvalue weighted by Crippen LogP contribution is -2.20. The topological polar surface area (TPSA) is 98.1 Å². The third-order valence-electron chi connectivity index (χ3n) is 5.42. The molecule has 10 heteroatoms. The number of nitrogens with one attached hydrogen (secondary N) is 5. The maximum Gasteiger partial charge on any atom is 0.323 e. The van der Waals surface area contributed by atoms with E-state index in [9.17, 15) is 22.8 Å². The number of benzene rings is 3. The zero-order valence-corrected chi connectivity index (χ0v) is 18.5. The van der Waals surface area contributed by atoms with Gasteiger partial charge in [-0.15, -0.1) is 0 Å². The van der Waals surface area contributed by atoms with Crippen molar-refractivity contribution in [3.05, 3.63) is 102 Å². The van der Waals surface area contributed by atoms with Crippen LogP contribution in [0.2, 0.25) is 0 Å². The van der Waals surface area contributed by atoms with Crippen molar-refractivity contribution in [3.8, 4) is 0 Å². The quantitative estimate of drug-likeness (QED) is 0.168. The zero-order chi connectivity index (χ0) is 25.2. The number of carbonyl (C=O) groups is 2. The van der Waals surface area contributed by atoms with Gasteiger partial charge >= 0.3 is 6.03 Å². The number of hydrogen-bond donors (Lipinski definition) is 5. The van der Waals surface area contributed by atoms with Crippen LogP contribution in [0.4, 0.5) is 46.4 Å². The van der Waals surface area contributed by atoms with E-state index in [0.717, 1.165) is 23.4 Å². The standard InChI is InChI=1S/C26H18F3N5O2/c27-20-8-9-21(24(29)23(20)28)34-26(36)32-16-4-1-3-15(11-16)31-17-6-7-18-19(12-14-5-2-10-30-14)25(35)33-22(18)13-17/h1-13,30-31H,(H,33,35)(H2,32,34,36)/b19-12-. The number of rotatable bonds is 5. The average molecular weight is 489 g/mol. The number of amides is 3. The van der Waals surface area contributed by atoms with E-state index in [4.69, 9.17) is 0 Å². The van der Waals surface area contributed by atoms with Gasteiger partial charge in [0, 0.05) is 34.5 Å². The monoisotopic (exact) mass is 489 g/mol. The number of carbonyl (C=O) groups excluding carboxylic acids is 2. The fraction of sp³-hybridized carbons (Fsp3) is 0. The van der Waals surface area contributed by atoms with Crippen molar-refractivity contribution in [2.75, 3.05) is 21.3 Å². The first-order valence-electron chi connectivity index (χ1n) is 10.8. The van der Waals surface area contributed by atoms with Crippen LogP contribution in [0.15, 0.2) is 72.9 Å². The minimum Gasteiger partial charge on any atom is -0.362 e. The van der Waals surface area contributed by atoms with Gasteiger partial charge in [-0.1, -0.05) is 12.1 Å². The van der Waals surface area contributed by atoms with Gasteiger partial charge < -0.3 is 26.3 Å². The van der Waals surface area contributed by atoms with E-state index in [0.29, 0.717) is 28.3 Å². The summed E-state index contributed by atoms with van der Waals surface area (Å²) in [5, 5.41) is 10.7. The number of aromatic amines is 1. The van der Waals surface area contributed by atoms with Crippen LogP contribution in [-0.2, 0) is 4.79 Å². The summed E-state index contributed by atoms with van der Waals surface area (Å²) in [7, 11) is 0. The number of hydrogen-bond acceptors (Lipinski definition) is 3. The first kappa shape index (κ1) is 22.8. The van der Waals surface area contributed by atoms with Crippen LogP contribution in [0.3, 0.4) is 0 Å². The Bertz CT molecular complexity index is 1520. The highest BCUT2D eigenvalue weighted by atomic mass is 19.2. The first-order valence-corrected chi connectivity index (χ1v) is 10.8. The second-order valence-electron chi connectivity index (χ2n) is 7.91. The molecule has 3 amide bonds. The van der Waals surface area contributed by atoms with E-state index < -0.39 is 29.2 Å². The number of anilines is 5. The first-order chi connectivity index (χ1) is 17.4. The van der Waals surface area contributed by atoms with Crippen molar-refractivity contribution in [1.82, 2.24) is 4.98 Å². The molecule has 0 aliphatic carbocycles. The molecule has 0 radical (unpaired) electrons. The average Bonchev–Trinajstić information content (AvgIpc) is 3.47. The highest BCUT2D eigenvalue weighted by Gasteiger charge is 2.24. The molecule has 180 valence electrons. The Balaban J connectivity index is 1.28. The van der Waals surface area contributed by atoms with Crippen LogP contribution in [-0.4, -0.2) is 16.9 Å². The highest BCUT2D eigenvalue weighted by Crippen LogP contribution is 2.35. The van der Waals surface area contributed by atoms with Crippen molar-refractivity contribution in [1.29, 1.82) is 0 Å². The predicted molar refractivity (Wildman–Crippen MR) is 132 cm³/mol. The third-order valence-corrected chi connectivity index (χ3v) is 5.42. The van der Waals surface area contributed by atoms with E-state index in [1.165, 1.54) is 0 Å². The van der Waals surface area contributed by atoms with Crippen LogP contribution in [0, 0.1) is 17.5 Å². The van der Waals surface area contributed by atoms with Gasteiger partial charge in [0.15, 0.2) is 17.5 Å². The third kappa shape index (κ3) is 4.64. The minimum absolute atomic E-state index is 0.202. The van der Waals surface area contributed by atoms with Crippen molar-refractivity contribution >= 4 is 52.0 Å². The van der Waals surface area contributed by atoms with Crippen LogP contribution in [0.5, 0.6) is 0 Å². The molecule has 0 bridgehead atoms. The second kappa shape index (κ2) is 9.34. The molecule has 36 heavy (non-hydrogen) atoms. The van der Waals surface area contributed by atoms with Crippen LogP contribution >= 0.6 is 0 Å². The normalized spacial score (nSPS) is 13.3. The summed E-state index contributed by atoms with van der Waals surface area (Å²) in [6.07, 6.45) is 3.56. The molecule has 0 spiro atoms. The van der Waals surface area contributed by atoms with Crippen molar-refractivity contribution in [3.63, 3.8) is 0 Å². The molecule has 5 N–H and O–H groups in total. The molecule has 1 aromatic heterocycles. The van der Waals surface area contributed by atoms with E-state index >= 15 is 0 Å². The van der Waals surface area contributed by atoms with E-state index in [-0.39, 0.29) is 5.91 Å². The molecule has 7 nitrogen and oxygen atoms in total. The van der Waals surface area contributed by atoms with Gasteiger partial charge in [0.05, 0.1) is 16.9 Å². The zero-order valence-electron chi connectivity index (χ0n) is 18.5. The Morgan fingerprint density at radius 1 is 0.833 bits per heavy atom. The summed E-state index contributed by atoms with van der Waals surface area (Å²) >= 11 is 0. The molecule has 5 rings (SSSR count). The smallest absolute Gasteiger partial charge is 0.323 e. The van der Waals surface area contributed by atoms with Crippen molar-refractivity contribution < 1.29 is 22.8 Å². The van der Waals surface area contributed by atoms with Crippen LogP contribution in [0.1, 0.15) is 11.3 Å². The molecule has 0 saturated carbocycles. The SMILES string of the molecule is O=C(Nc1cccc(Nc2ccc3c(c2)NC(=O)/C3=C\c2ccc[nH]2)c1)Nc1ccc(F)c(F)c1F. The number of fused-ring (bicyclic) bond motifs is 1.